The Morgan fingerprint density at radius 1 is 1.09 bits per heavy atom. The van der Waals surface area contributed by atoms with Gasteiger partial charge < -0.3 is 12.8 Å². The zero-order valence-electron chi connectivity index (χ0n) is 27.7. The van der Waals surface area contributed by atoms with E-state index in [9.17, 15) is 4.79 Å². The van der Waals surface area contributed by atoms with Gasteiger partial charge >= 0.3 is 189 Å². The zero-order chi connectivity index (χ0) is 31.8. The van der Waals surface area contributed by atoms with Crippen LogP contribution in [0.3, 0.4) is 0 Å². The summed E-state index contributed by atoms with van der Waals surface area (Å²) < 4.78 is 34.9. The van der Waals surface area contributed by atoms with E-state index in [0.29, 0.717) is 42.9 Å². The van der Waals surface area contributed by atoms with Gasteiger partial charge in [-0.15, -0.1) is 0 Å². The van der Waals surface area contributed by atoms with Gasteiger partial charge in [-0.1, -0.05) is 30.3 Å². The van der Waals surface area contributed by atoms with Crippen molar-refractivity contribution in [2.45, 2.75) is 45.6 Å². The minimum atomic E-state index is -1.93. The molecule has 0 spiro atoms. The Morgan fingerprint density at radius 2 is 1.85 bits per heavy atom. The number of benzene rings is 3. The first-order chi connectivity index (χ1) is 21.8. The number of Topliss-reactive ketones (excluding diaryl/α,β-unsaturated/α-hetero) is 1. The van der Waals surface area contributed by atoms with Crippen LogP contribution in [0.2, 0.25) is 0 Å². The van der Waals surface area contributed by atoms with Crippen LogP contribution in [0.5, 0.6) is 17.2 Å². The minimum Gasteiger partial charge on any atom is -0.358 e. The summed E-state index contributed by atoms with van der Waals surface area (Å²) in [5.74, 6) is 0.687. The maximum Gasteiger partial charge on any atom is 2.00 e. The van der Waals surface area contributed by atoms with Crippen LogP contribution in [0, 0.1) is 55.8 Å². The van der Waals surface area contributed by atoms with E-state index >= 15 is 4.39 Å². The molecule has 2 heterocycles. The standard InChI is InChI=1S/C37H42FIN3O3.CH3.U/c1-4-39(3,5-2)20-23-44-29-15-16-30-33(25-29)41-21-18-35(30)45-36-17-14-28(24-31(36)38)12-9-13-32(40)37(43)34-26-42(34)22-19-27-10-7-6-8-11-27;;/h6-8,10-11,14,16-18,21,24-25,34,40H,3-5,9,12-13,19-20,22-23,26H2,1-2H3;1H3;/q2*-1;+2. The first-order valence-corrected chi connectivity index (χ1v) is 21.7. The SMILES string of the molecule is C=I(CC)(CC)CCOc1[c-]cc2c(Oc3ccc(CCCC(=N)C(=O)C4CN4CCc4ccccc4)cc3F)ccnc2c1.[CH3-].[U+2]. The molecule has 3 aromatic carbocycles. The maximum absolute atomic E-state index is 15.1. The molecule has 0 amide bonds. The van der Waals surface area contributed by atoms with Gasteiger partial charge in [0.2, 0.25) is 0 Å². The number of aromatic nitrogens is 1. The molecule has 2 atom stereocenters. The van der Waals surface area contributed by atoms with Gasteiger partial charge in [-0.25, -0.2) is 0 Å². The number of nitrogens with zero attached hydrogens (tertiary/aromatic N) is 2. The number of fused-ring (bicyclic) bond motifs is 1. The van der Waals surface area contributed by atoms with E-state index in [1.807, 2.05) is 30.3 Å². The third-order valence-corrected chi connectivity index (χ3v) is 17.6. The zero-order valence-corrected chi connectivity index (χ0v) is 34.0. The second kappa shape index (κ2) is 18.4. The van der Waals surface area contributed by atoms with Crippen molar-refractivity contribution in [3.05, 3.63) is 103 Å². The van der Waals surface area contributed by atoms with Gasteiger partial charge in [0.25, 0.3) is 0 Å². The molecule has 1 N–H and O–H groups in total. The summed E-state index contributed by atoms with van der Waals surface area (Å²) in [5, 5.41) is 9.00. The maximum atomic E-state index is 15.1. The predicted octanol–water partition coefficient (Wildman–Crippen LogP) is 8.15. The molecule has 6 nitrogen and oxygen atoms in total. The summed E-state index contributed by atoms with van der Waals surface area (Å²) in [7, 11) is 0. The van der Waals surface area contributed by atoms with Gasteiger partial charge in [0, 0.05) is 13.1 Å². The van der Waals surface area contributed by atoms with E-state index in [2.05, 4.69) is 46.4 Å². The molecule has 1 aliphatic heterocycles. The largest absolute Gasteiger partial charge is 2.00 e. The summed E-state index contributed by atoms with van der Waals surface area (Å²) in [6.07, 6.45) is 4.08. The number of nitrogens with one attached hydrogen (secondary N) is 1. The summed E-state index contributed by atoms with van der Waals surface area (Å²) >= 11 is -1.93. The molecule has 47 heavy (non-hydrogen) atoms. The first-order valence-electron chi connectivity index (χ1n) is 15.6. The van der Waals surface area contributed by atoms with Crippen molar-refractivity contribution in [2.75, 3.05) is 33.0 Å². The average Bonchev–Trinajstić information content (AvgIpc) is 3.84. The van der Waals surface area contributed by atoms with Gasteiger partial charge in [-0.05, 0) is 36.8 Å². The van der Waals surface area contributed by atoms with Crippen LogP contribution in [0.15, 0.2) is 72.9 Å². The summed E-state index contributed by atoms with van der Waals surface area (Å²) in [5.41, 5.74) is 2.89. The van der Waals surface area contributed by atoms with Crippen molar-refractivity contribution in [3.63, 3.8) is 0 Å². The topological polar surface area (TPSA) is 75.3 Å². The number of alkyl halides is 3. The Labute approximate surface area is 306 Å². The molecule has 248 valence electrons. The molecule has 0 aliphatic carbocycles. The number of carbonyl (C=O) groups excluding carboxylic acids is 1. The van der Waals surface area contributed by atoms with Gasteiger partial charge in [-0.3, -0.25) is 9.69 Å². The van der Waals surface area contributed by atoms with Crippen molar-refractivity contribution in [1.29, 1.82) is 5.41 Å². The third-order valence-electron chi connectivity index (χ3n) is 8.43. The Morgan fingerprint density at radius 3 is 2.57 bits per heavy atom. The first kappa shape index (κ1) is 39.0. The Bertz CT molecular complexity index is 1690. The number of pyridine rings is 1. The van der Waals surface area contributed by atoms with Gasteiger partial charge in [-0.2, -0.15) is 0 Å². The molecule has 9 heteroatoms. The Hall–Kier alpha value is -2.45. The molecular weight excluding hydrogens is 930 g/mol. The summed E-state index contributed by atoms with van der Waals surface area (Å²) in [6.45, 7) is 6.62. The predicted molar refractivity (Wildman–Crippen MR) is 197 cm³/mol. The van der Waals surface area contributed by atoms with E-state index in [-0.39, 0.29) is 61.8 Å². The summed E-state index contributed by atoms with van der Waals surface area (Å²) in [4.78, 5) is 19.3. The quantitative estimate of drug-likeness (QED) is 0.0381. The third kappa shape index (κ3) is 10.8. The van der Waals surface area contributed by atoms with Crippen LogP contribution in [0.25, 0.3) is 10.9 Å². The van der Waals surface area contributed by atoms with Crippen LogP contribution >= 0.6 is 18.0 Å². The fraction of sp³-hybridized carbons (Fsp3) is 0.342. The number of rotatable bonds is 17. The molecule has 1 aromatic heterocycles. The molecule has 5 rings (SSSR count). The fourth-order valence-corrected chi connectivity index (χ4v) is 9.02. The van der Waals surface area contributed by atoms with E-state index in [0.717, 1.165) is 34.9 Å². The summed E-state index contributed by atoms with van der Waals surface area (Å²) in [6, 6.07) is 23.5. The number of hydrogen-bond acceptors (Lipinski definition) is 6. The Balaban J connectivity index is 0.00000300. The molecule has 0 saturated carbocycles. The second-order valence-electron chi connectivity index (χ2n) is 11.4. The van der Waals surface area contributed by atoms with Crippen LogP contribution in [-0.2, 0) is 17.6 Å². The van der Waals surface area contributed by atoms with Crippen LogP contribution < -0.4 is 9.47 Å². The average molecular weight is 976 g/mol. The van der Waals surface area contributed by atoms with E-state index in [1.54, 1.807) is 24.4 Å². The normalized spacial score (nSPS) is 15.6. The van der Waals surface area contributed by atoms with E-state index in [1.165, 1.54) is 20.5 Å². The molecule has 4 aromatic rings. The minimum absolute atomic E-state index is 0. The molecule has 1 aliphatic rings. The van der Waals surface area contributed by atoms with E-state index < -0.39 is 23.8 Å². The van der Waals surface area contributed by atoms with Crippen molar-refractivity contribution in [1.82, 2.24) is 9.88 Å². The number of halogens is 2. The van der Waals surface area contributed by atoms with Crippen molar-refractivity contribution in [3.8, 4) is 17.2 Å². The number of carbonyl (C=O) groups is 1. The molecule has 0 bridgehead atoms. The van der Waals surface area contributed by atoms with Crippen LogP contribution in [-0.4, -0.2) is 64.9 Å². The fourth-order valence-electron chi connectivity index (χ4n) is 5.26. The number of ether oxygens (including phenoxy) is 2. The van der Waals surface area contributed by atoms with E-state index in [4.69, 9.17) is 14.9 Å². The van der Waals surface area contributed by atoms with Crippen molar-refractivity contribution in [2.24, 2.45) is 0 Å². The smallest absolute Gasteiger partial charge is 0.358 e. The van der Waals surface area contributed by atoms with Gasteiger partial charge in [0.1, 0.15) is 0 Å². The van der Waals surface area contributed by atoms with Crippen molar-refractivity contribution >= 4 is 44.9 Å². The van der Waals surface area contributed by atoms with Gasteiger partial charge in [0.05, 0.1) is 11.8 Å². The Kier molecular flexibility index (Phi) is 15.2. The van der Waals surface area contributed by atoms with Crippen LogP contribution in [0.4, 0.5) is 4.39 Å². The molecular formula is C38H45FIN3O3U. The van der Waals surface area contributed by atoms with Gasteiger partial charge in [0.15, 0.2) is 5.78 Å². The second-order valence-corrected chi connectivity index (χ2v) is 22.0. The monoisotopic (exact) mass is 975 g/mol. The molecule has 1 saturated heterocycles. The van der Waals surface area contributed by atoms with Crippen molar-refractivity contribution < 1.29 is 49.8 Å². The molecule has 1 fully saturated rings. The molecule has 0 radical (unpaired) electrons. The number of aryl methyl sites for hydroxylation is 1. The number of ketones is 1. The van der Waals surface area contributed by atoms with Crippen LogP contribution in [0.1, 0.15) is 37.8 Å². The number of hydrogen-bond donors (Lipinski definition) is 1. The molecule has 2 unspecified atom stereocenters.